The van der Waals surface area contributed by atoms with Gasteiger partial charge in [0.25, 0.3) is 5.91 Å². The predicted molar refractivity (Wildman–Crippen MR) is 148 cm³/mol. The summed E-state index contributed by atoms with van der Waals surface area (Å²) in [6.07, 6.45) is -8.55. The molecule has 3 N–H and O–H groups in total. The fourth-order valence-electron chi connectivity index (χ4n) is 6.24. The second-order valence-electron chi connectivity index (χ2n) is 11.0. The van der Waals surface area contributed by atoms with E-state index >= 15 is 0 Å². The van der Waals surface area contributed by atoms with Gasteiger partial charge in [-0.15, -0.1) is 0 Å². The number of ether oxygens (including phenoxy) is 1. The molecule has 2 aromatic carbocycles. The molecule has 2 amide bonds. The Kier molecular flexibility index (Phi) is 8.73. The highest BCUT2D eigenvalue weighted by atomic mass is 19.4. The molecule has 2 saturated carbocycles. The summed E-state index contributed by atoms with van der Waals surface area (Å²) in [5, 5.41) is 14.1. The van der Waals surface area contributed by atoms with Crippen LogP contribution in [0.3, 0.4) is 0 Å². The molecule has 0 spiro atoms. The first-order valence-electron chi connectivity index (χ1n) is 13.8. The van der Waals surface area contributed by atoms with Crippen molar-refractivity contribution in [3.63, 3.8) is 0 Å². The zero-order chi connectivity index (χ0) is 34.4. The molecular formula is C31H23F8N3O5. The molecule has 3 aromatic rings. The van der Waals surface area contributed by atoms with E-state index < -0.39 is 76.8 Å². The SMILES string of the molecule is COc1cnc(-c2cc(C(=O)O)ccc2F)cc1C(=O)N[C@@H]1C2CCC(/C2=C/C(F)(F)F)[C@@H]1C(=O)Nc1ccc(F)c(C(F)(F)F)c1. The molecule has 248 valence electrons. The van der Waals surface area contributed by atoms with Gasteiger partial charge < -0.3 is 20.5 Å². The predicted octanol–water partition coefficient (Wildman–Crippen LogP) is 6.63. The van der Waals surface area contributed by atoms with Gasteiger partial charge in [0.2, 0.25) is 5.91 Å². The number of nitrogens with one attached hydrogen (secondary N) is 2. The molecule has 2 aliphatic rings. The molecule has 1 heterocycles. The monoisotopic (exact) mass is 669 g/mol. The third-order valence-electron chi connectivity index (χ3n) is 8.19. The Balaban J connectivity index is 1.50. The first-order chi connectivity index (χ1) is 22.0. The van der Waals surface area contributed by atoms with Crippen LogP contribution in [0.15, 0.2) is 60.3 Å². The lowest BCUT2D eigenvalue weighted by Crippen LogP contribution is -2.48. The summed E-state index contributed by atoms with van der Waals surface area (Å²) in [5.74, 6) is -9.39. The number of methoxy groups -OCH3 is 1. The smallest absolute Gasteiger partial charge is 0.419 e. The third kappa shape index (κ3) is 6.76. The molecule has 2 aliphatic carbocycles. The minimum Gasteiger partial charge on any atom is -0.494 e. The number of hydrogen-bond acceptors (Lipinski definition) is 5. The second-order valence-corrected chi connectivity index (χ2v) is 11.0. The van der Waals surface area contributed by atoms with E-state index in [1.807, 2.05) is 0 Å². The Morgan fingerprint density at radius 2 is 1.64 bits per heavy atom. The number of aromatic nitrogens is 1. The van der Waals surface area contributed by atoms with Gasteiger partial charge in [0.1, 0.15) is 17.4 Å². The van der Waals surface area contributed by atoms with Crippen LogP contribution in [-0.4, -0.2) is 47.2 Å². The number of carbonyl (C=O) groups excluding carboxylic acids is 2. The fraction of sp³-hybridized carbons (Fsp3) is 0.290. The van der Waals surface area contributed by atoms with E-state index in [1.54, 1.807) is 0 Å². The first-order valence-corrected chi connectivity index (χ1v) is 13.8. The summed E-state index contributed by atoms with van der Waals surface area (Å²) in [6.45, 7) is 0. The van der Waals surface area contributed by atoms with Crippen molar-refractivity contribution in [2.24, 2.45) is 17.8 Å². The van der Waals surface area contributed by atoms with E-state index in [9.17, 15) is 54.6 Å². The van der Waals surface area contributed by atoms with Crippen LogP contribution in [0.1, 0.15) is 39.1 Å². The number of pyridine rings is 1. The van der Waals surface area contributed by atoms with Crippen molar-refractivity contribution in [3.05, 3.63) is 88.6 Å². The molecule has 47 heavy (non-hydrogen) atoms. The number of alkyl halides is 6. The van der Waals surface area contributed by atoms with Gasteiger partial charge in [0.05, 0.1) is 41.6 Å². The number of anilines is 1. The van der Waals surface area contributed by atoms with Crippen LogP contribution < -0.4 is 15.4 Å². The van der Waals surface area contributed by atoms with E-state index in [-0.39, 0.29) is 52.6 Å². The summed E-state index contributed by atoms with van der Waals surface area (Å²) < 4.78 is 114. The zero-order valence-electron chi connectivity index (χ0n) is 24.0. The van der Waals surface area contributed by atoms with Crippen molar-refractivity contribution in [2.45, 2.75) is 31.2 Å². The minimum atomic E-state index is -5.10. The van der Waals surface area contributed by atoms with Gasteiger partial charge in [-0.2, -0.15) is 26.3 Å². The Morgan fingerprint density at radius 3 is 2.28 bits per heavy atom. The van der Waals surface area contributed by atoms with E-state index in [0.717, 1.165) is 36.5 Å². The fourth-order valence-corrected chi connectivity index (χ4v) is 6.24. The van der Waals surface area contributed by atoms with Gasteiger partial charge in [0.15, 0.2) is 0 Å². The maximum atomic E-state index is 14.7. The summed E-state index contributed by atoms with van der Waals surface area (Å²) >= 11 is 0. The topological polar surface area (TPSA) is 118 Å². The van der Waals surface area contributed by atoms with Gasteiger partial charge in [-0.3, -0.25) is 14.6 Å². The van der Waals surface area contributed by atoms with Crippen molar-refractivity contribution in [3.8, 4) is 17.0 Å². The summed E-state index contributed by atoms with van der Waals surface area (Å²) in [6, 6.07) is 4.36. The Labute approximate surface area is 260 Å². The van der Waals surface area contributed by atoms with Crippen molar-refractivity contribution >= 4 is 23.5 Å². The van der Waals surface area contributed by atoms with Crippen molar-refractivity contribution < 1.29 is 59.4 Å². The van der Waals surface area contributed by atoms with Crippen LogP contribution in [0.25, 0.3) is 11.3 Å². The van der Waals surface area contributed by atoms with Gasteiger partial charge in [-0.1, -0.05) is 5.57 Å². The van der Waals surface area contributed by atoms with Crippen LogP contribution in [0.2, 0.25) is 0 Å². The van der Waals surface area contributed by atoms with Crippen LogP contribution in [-0.2, 0) is 11.0 Å². The molecular weight excluding hydrogens is 646 g/mol. The van der Waals surface area contributed by atoms with Crippen molar-refractivity contribution in [2.75, 3.05) is 12.4 Å². The average Bonchev–Trinajstić information content (AvgIpc) is 3.50. The summed E-state index contributed by atoms with van der Waals surface area (Å²) in [4.78, 5) is 42.6. The highest BCUT2D eigenvalue weighted by molar-refractivity contribution is 6.00. The van der Waals surface area contributed by atoms with E-state index in [1.165, 1.54) is 7.11 Å². The molecule has 2 bridgehead atoms. The molecule has 0 radical (unpaired) electrons. The second kappa shape index (κ2) is 12.3. The maximum Gasteiger partial charge on any atom is 0.419 e. The number of carboxylic acids is 1. The van der Waals surface area contributed by atoms with Gasteiger partial charge in [-0.05, 0) is 61.2 Å². The van der Waals surface area contributed by atoms with Gasteiger partial charge >= 0.3 is 18.3 Å². The molecule has 5 rings (SSSR count). The number of carbonyl (C=O) groups is 3. The quantitative estimate of drug-likeness (QED) is 0.192. The number of halogens is 8. The molecule has 8 nitrogen and oxygen atoms in total. The molecule has 0 saturated heterocycles. The number of allylic oxidation sites excluding steroid dienone is 1. The van der Waals surface area contributed by atoms with Gasteiger partial charge in [-0.25, -0.2) is 13.6 Å². The zero-order valence-corrected chi connectivity index (χ0v) is 24.0. The van der Waals surface area contributed by atoms with Crippen LogP contribution >= 0.6 is 0 Å². The highest BCUT2D eigenvalue weighted by Crippen LogP contribution is 2.54. The largest absolute Gasteiger partial charge is 0.494 e. The van der Waals surface area contributed by atoms with E-state index in [2.05, 4.69) is 15.6 Å². The molecule has 16 heteroatoms. The number of fused-ring (bicyclic) bond motifs is 2. The number of rotatable bonds is 7. The number of amides is 2. The standard InChI is InChI=1S/C31H23F8N3O5/c1-47-24-12-40-23(17-8-13(29(45)46)2-6-21(17)32)10-18(24)27(43)42-26-16-5-4-15(19(16)11-30(34,35)36)25(26)28(44)41-14-3-7-22(33)20(9-14)31(37,38)39/h2-3,6-12,15-16,25-26H,4-5H2,1H3,(H,41,44)(H,42,43)(H,45,46)/b19-11-/t15?,16?,25-,26+/m0/s1. The minimum absolute atomic E-state index is 0.0464. The number of aromatic carboxylic acids is 1. The Hall–Kier alpha value is -5.02. The van der Waals surface area contributed by atoms with Gasteiger partial charge in [0, 0.05) is 29.3 Å². The average molecular weight is 670 g/mol. The van der Waals surface area contributed by atoms with Crippen molar-refractivity contribution in [1.82, 2.24) is 10.3 Å². The van der Waals surface area contributed by atoms with Crippen LogP contribution in [0.5, 0.6) is 5.75 Å². The molecule has 2 fully saturated rings. The Bertz CT molecular complexity index is 1790. The molecule has 4 atom stereocenters. The lowest BCUT2D eigenvalue weighted by Gasteiger charge is -2.30. The number of benzene rings is 2. The Morgan fingerprint density at radius 1 is 0.957 bits per heavy atom. The molecule has 0 aliphatic heterocycles. The number of nitrogens with zero attached hydrogens (tertiary/aromatic N) is 1. The lowest BCUT2D eigenvalue weighted by atomic mass is 9.83. The third-order valence-corrected chi connectivity index (χ3v) is 8.19. The lowest BCUT2D eigenvalue weighted by molar-refractivity contribution is -0.140. The number of hydrogen-bond donors (Lipinski definition) is 3. The summed E-state index contributed by atoms with van der Waals surface area (Å²) in [7, 11) is 1.18. The van der Waals surface area contributed by atoms with Crippen molar-refractivity contribution in [1.29, 1.82) is 0 Å². The van der Waals surface area contributed by atoms with E-state index in [0.29, 0.717) is 12.1 Å². The van der Waals surface area contributed by atoms with Crippen LogP contribution in [0.4, 0.5) is 40.8 Å². The normalized spacial score (nSPS) is 21.5. The maximum absolute atomic E-state index is 14.7. The molecule has 1 aromatic heterocycles. The molecule has 2 unspecified atom stereocenters. The first kappa shape index (κ1) is 33.3. The number of carboxylic acid groups (broad SMARTS) is 1. The summed E-state index contributed by atoms with van der Waals surface area (Å²) in [5.41, 5.74) is -3.35. The highest BCUT2D eigenvalue weighted by Gasteiger charge is 2.55. The van der Waals surface area contributed by atoms with Crippen LogP contribution in [0, 0.1) is 29.4 Å². The van der Waals surface area contributed by atoms with E-state index in [4.69, 9.17) is 4.74 Å².